The molecule has 0 heterocycles. The first-order chi connectivity index (χ1) is 14.4. The van der Waals surface area contributed by atoms with Gasteiger partial charge in [-0.3, -0.25) is 4.99 Å². The zero-order valence-corrected chi connectivity index (χ0v) is 16.9. The Morgan fingerprint density at radius 1 is 0.759 bits per heavy atom. The molecule has 142 valence electrons. The molecule has 0 saturated carbocycles. The van der Waals surface area contributed by atoms with E-state index < -0.39 is 0 Å². The minimum Gasteiger partial charge on any atom is -0.293 e. The fraction of sp³-hybridized carbons (Fsp3) is 0.179. The van der Waals surface area contributed by atoms with Crippen LogP contribution in [0.5, 0.6) is 0 Å². The number of nitrogens with zero attached hydrogens (tertiary/aromatic N) is 1. The van der Waals surface area contributed by atoms with Crippen molar-refractivity contribution in [1.82, 2.24) is 0 Å². The summed E-state index contributed by atoms with van der Waals surface area (Å²) in [5, 5.41) is 2.54. The molecule has 0 fully saturated rings. The SMILES string of the molecule is CCCCN=Cc1c(-c2cccc3c2Cc2ccccc2-3)ccc2ccccc12. The van der Waals surface area contributed by atoms with Crippen molar-refractivity contribution in [2.75, 3.05) is 6.54 Å². The van der Waals surface area contributed by atoms with Crippen molar-refractivity contribution in [3.05, 3.63) is 95.6 Å². The number of unbranched alkanes of at least 4 members (excludes halogenated alkanes) is 1. The van der Waals surface area contributed by atoms with E-state index in [4.69, 9.17) is 4.99 Å². The molecule has 0 unspecified atom stereocenters. The second-order valence-electron chi connectivity index (χ2n) is 7.80. The van der Waals surface area contributed by atoms with Crippen LogP contribution in [0.4, 0.5) is 0 Å². The van der Waals surface area contributed by atoms with Gasteiger partial charge in [-0.25, -0.2) is 0 Å². The number of aliphatic imine (C=N–C) groups is 1. The summed E-state index contributed by atoms with van der Waals surface area (Å²) in [5.74, 6) is 0. The summed E-state index contributed by atoms with van der Waals surface area (Å²) in [4.78, 5) is 4.78. The van der Waals surface area contributed by atoms with Gasteiger partial charge in [0.1, 0.15) is 0 Å². The van der Waals surface area contributed by atoms with Crippen LogP contribution < -0.4 is 0 Å². The topological polar surface area (TPSA) is 12.4 Å². The van der Waals surface area contributed by atoms with Crippen molar-refractivity contribution in [2.24, 2.45) is 4.99 Å². The van der Waals surface area contributed by atoms with Gasteiger partial charge in [0.2, 0.25) is 0 Å². The third-order valence-electron chi connectivity index (χ3n) is 5.97. The molecule has 0 amide bonds. The van der Waals surface area contributed by atoms with Crippen molar-refractivity contribution in [3.63, 3.8) is 0 Å². The molecule has 0 aromatic heterocycles. The Hall–Kier alpha value is -3.19. The predicted molar refractivity (Wildman–Crippen MR) is 125 cm³/mol. The van der Waals surface area contributed by atoms with E-state index >= 15 is 0 Å². The molecule has 0 bridgehead atoms. The van der Waals surface area contributed by atoms with Gasteiger partial charge in [-0.1, -0.05) is 92.2 Å². The highest BCUT2D eigenvalue weighted by atomic mass is 14.7. The molecule has 1 aliphatic rings. The minimum absolute atomic E-state index is 0.886. The molecule has 0 aliphatic heterocycles. The average molecular weight is 376 g/mol. The van der Waals surface area contributed by atoms with Gasteiger partial charge >= 0.3 is 0 Å². The maximum atomic E-state index is 4.78. The van der Waals surface area contributed by atoms with Gasteiger partial charge in [0.25, 0.3) is 0 Å². The highest BCUT2D eigenvalue weighted by molar-refractivity contribution is 6.07. The fourth-order valence-electron chi connectivity index (χ4n) is 4.48. The summed E-state index contributed by atoms with van der Waals surface area (Å²) in [7, 11) is 0. The van der Waals surface area contributed by atoms with E-state index in [1.165, 1.54) is 56.1 Å². The summed E-state index contributed by atoms with van der Waals surface area (Å²) < 4.78 is 0. The number of hydrogen-bond donors (Lipinski definition) is 0. The Balaban J connectivity index is 1.70. The van der Waals surface area contributed by atoms with Gasteiger partial charge < -0.3 is 0 Å². The van der Waals surface area contributed by atoms with Crippen LogP contribution in [-0.2, 0) is 6.42 Å². The van der Waals surface area contributed by atoms with Crippen LogP contribution in [0.15, 0.2) is 83.9 Å². The average Bonchev–Trinajstić information content (AvgIpc) is 3.15. The molecule has 5 rings (SSSR count). The third kappa shape index (κ3) is 3.17. The van der Waals surface area contributed by atoms with Crippen molar-refractivity contribution >= 4 is 17.0 Å². The molecule has 1 nitrogen and oxygen atoms in total. The largest absolute Gasteiger partial charge is 0.293 e. The van der Waals surface area contributed by atoms with E-state index in [2.05, 4.69) is 92.0 Å². The summed E-state index contributed by atoms with van der Waals surface area (Å²) >= 11 is 0. The maximum Gasteiger partial charge on any atom is 0.0389 e. The van der Waals surface area contributed by atoms with E-state index in [9.17, 15) is 0 Å². The Labute approximate surface area is 172 Å². The first-order valence-corrected chi connectivity index (χ1v) is 10.6. The van der Waals surface area contributed by atoms with Crippen LogP contribution in [0.1, 0.15) is 36.5 Å². The first kappa shape index (κ1) is 17.9. The molecule has 0 spiro atoms. The Morgan fingerprint density at radius 2 is 1.52 bits per heavy atom. The predicted octanol–water partition coefficient (Wildman–Crippen LogP) is 7.30. The van der Waals surface area contributed by atoms with Gasteiger partial charge in [0, 0.05) is 18.3 Å². The van der Waals surface area contributed by atoms with Crippen molar-refractivity contribution in [2.45, 2.75) is 26.2 Å². The van der Waals surface area contributed by atoms with Crippen LogP contribution >= 0.6 is 0 Å². The molecule has 1 aliphatic carbocycles. The van der Waals surface area contributed by atoms with Crippen molar-refractivity contribution in [1.29, 1.82) is 0 Å². The quantitative estimate of drug-likeness (QED) is 0.226. The van der Waals surface area contributed by atoms with Crippen molar-refractivity contribution < 1.29 is 0 Å². The molecule has 4 aromatic rings. The zero-order valence-electron chi connectivity index (χ0n) is 16.9. The van der Waals surface area contributed by atoms with Gasteiger partial charge in [0.15, 0.2) is 0 Å². The second-order valence-corrected chi connectivity index (χ2v) is 7.80. The summed E-state index contributed by atoms with van der Waals surface area (Å²) in [6, 6.07) is 28.7. The molecule has 0 saturated heterocycles. The number of benzene rings is 4. The van der Waals surface area contributed by atoms with Gasteiger partial charge in [-0.05, 0) is 57.0 Å². The van der Waals surface area contributed by atoms with Crippen LogP contribution in [0, 0.1) is 0 Å². The maximum absolute atomic E-state index is 4.78. The van der Waals surface area contributed by atoms with Crippen LogP contribution in [0.25, 0.3) is 33.0 Å². The van der Waals surface area contributed by atoms with E-state index in [1.807, 2.05) is 0 Å². The Bertz CT molecular complexity index is 1220. The molecule has 1 heteroatoms. The highest BCUT2D eigenvalue weighted by Gasteiger charge is 2.22. The van der Waals surface area contributed by atoms with E-state index in [-0.39, 0.29) is 0 Å². The lowest BCUT2D eigenvalue weighted by molar-refractivity contribution is 0.810. The number of hydrogen-bond acceptors (Lipinski definition) is 1. The monoisotopic (exact) mass is 375 g/mol. The van der Waals surface area contributed by atoms with E-state index in [0.29, 0.717) is 0 Å². The third-order valence-corrected chi connectivity index (χ3v) is 5.97. The summed E-state index contributed by atoms with van der Waals surface area (Å²) in [6.45, 7) is 3.10. The zero-order chi connectivity index (χ0) is 19.6. The van der Waals surface area contributed by atoms with Gasteiger partial charge in [-0.2, -0.15) is 0 Å². The second kappa shape index (κ2) is 7.67. The van der Waals surface area contributed by atoms with Gasteiger partial charge in [0.05, 0.1) is 0 Å². The standard InChI is InChI=1S/C28H25N/c1-2-3-17-29-19-28-22-11-6-4-9-20(22)15-16-26(28)25-14-8-13-24-23-12-7-5-10-21(23)18-27(24)25/h4-16,19H,2-3,17-18H2,1H3. The van der Waals surface area contributed by atoms with Crippen LogP contribution in [-0.4, -0.2) is 12.8 Å². The number of fused-ring (bicyclic) bond motifs is 4. The van der Waals surface area contributed by atoms with Crippen LogP contribution in [0.3, 0.4) is 0 Å². The fourth-order valence-corrected chi connectivity index (χ4v) is 4.48. The molecule has 0 atom stereocenters. The normalized spacial score (nSPS) is 12.4. The summed E-state index contributed by atoms with van der Waals surface area (Å²) in [6.07, 6.45) is 5.41. The molecule has 29 heavy (non-hydrogen) atoms. The van der Waals surface area contributed by atoms with Crippen LogP contribution in [0.2, 0.25) is 0 Å². The minimum atomic E-state index is 0.886. The van der Waals surface area contributed by atoms with E-state index in [0.717, 1.165) is 19.4 Å². The van der Waals surface area contributed by atoms with Crippen molar-refractivity contribution in [3.8, 4) is 22.3 Å². The lowest BCUT2D eigenvalue weighted by Crippen LogP contribution is -1.95. The first-order valence-electron chi connectivity index (χ1n) is 10.6. The molecule has 0 N–H and O–H groups in total. The molecular weight excluding hydrogens is 350 g/mol. The highest BCUT2D eigenvalue weighted by Crippen LogP contribution is 2.42. The number of rotatable bonds is 5. The Kier molecular flexibility index (Phi) is 4.73. The molecular formula is C28H25N. The van der Waals surface area contributed by atoms with E-state index in [1.54, 1.807) is 0 Å². The lowest BCUT2D eigenvalue weighted by Gasteiger charge is -2.14. The Morgan fingerprint density at radius 3 is 2.41 bits per heavy atom. The lowest BCUT2D eigenvalue weighted by atomic mass is 9.90. The summed E-state index contributed by atoms with van der Waals surface area (Å²) in [5.41, 5.74) is 9.48. The molecule has 4 aromatic carbocycles. The molecule has 0 radical (unpaired) electrons. The van der Waals surface area contributed by atoms with Gasteiger partial charge in [-0.15, -0.1) is 0 Å². The smallest absolute Gasteiger partial charge is 0.0389 e.